The Labute approximate surface area is 147 Å². The Morgan fingerprint density at radius 3 is 2.42 bits per heavy atom. The van der Waals surface area contributed by atoms with Crippen LogP contribution in [0.15, 0.2) is 65.5 Å². The van der Waals surface area contributed by atoms with Crippen LogP contribution in [0.5, 0.6) is 0 Å². The standard InChI is InChI=1S/C18H13N3OS2/c22-17-14-16(19-15(20-17)13-9-5-2-6-10-13)21(18(23)24-14)11-12-7-3-1-4-8-12/h1-10H,11H2,(H,19,20,22). The molecule has 0 aliphatic carbocycles. The van der Waals surface area contributed by atoms with E-state index in [1.807, 2.05) is 65.2 Å². The van der Waals surface area contributed by atoms with E-state index >= 15 is 0 Å². The summed E-state index contributed by atoms with van der Waals surface area (Å²) in [6, 6.07) is 19.7. The first-order valence-corrected chi connectivity index (χ1v) is 8.68. The molecule has 0 radical (unpaired) electrons. The smallest absolute Gasteiger partial charge is 0.270 e. The first kappa shape index (κ1) is 15.0. The van der Waals surface area contributed by atoms with Crippen LogP contribution in [0.2, 0.25) is 0 Å². The molecule has 0 aliphatic rings. The molecule has 1 N–H and O–H groups in total. The van der Waals surface area contributed by atoms with Crippen LogP contribution in [-0.2, 0) is 6.54 Å². The molecule has 2 heterocycles. The highest BCUT2D eigenvalue weighted by molar-refractivity contribution is 7.73. The number of benzene rings is 2. The SMILES string of the molecule is O=c1[nH]c(-c2ccccc2)nc2c1sc(=S)n2Cc1ccccc1. The summed E-state index contributed by atoms with van der Waals surface area (Å²) in [5.74, 6) is 0.558. The van der Waals surface area contributed by atoms with Crippen molar-refractivity contribution in [2.75, 3.05) is 0 Å². The molecule has 2 aromatic carbocycles. The van der Waals surface area contributed by atoms with E-state index in [2.05, 4.69) is 9.97 Å². The zero-order chi connectivity index (χ0) is 16.5. The van der Waals surface area contributed by atoms with Gasteiger partial charge in [-0.3, -0.25) is 4.79 Å². The second kappa shape index (κ2) is 6.14. The lowest BCUT2D eigenvalue weighted by Gasteiger charge is -2.06. The van der Waals surface area contributed by atoms with Gasteiger partial charge in [-0.05, 0) is 17.8 Å². The summed E-state index contributed by atoms with van der Waals surface area (Å²) in [5.41, 5.74) is 2.48. The van der Waals surface area contributed by atoms with Gasteiger partial charge in [-0.2, -0.15) is 0 Å². The molecule has 4 nitrogen and oxygen atoms in total. The van der Waals surface area contributed by atoms with Gasteiger partial charge in [0.15, 0.2) is 9.60 Å². The largest absolute Gasteiger partial charge is 0.305 e. The summed E-state index contributed by atoms with van der Waals surface area (Å²) in [7, 11) is 0. The number of nitrogens with one attached hydrogen (secondary N) is 1. The highest BCUT2D eigenvalue weighted by Gasteiger charge is 2.13. The maximum atomic E-state index is 12.4. The summed E-state index contributed by atoms with van der Waals surface area (Å²) >= 11 is 6.76. The molecule has 0 unspecified atom stereocenters. The number of nitrogens with zero attached hydrogens (tertiary/aromatic N) is 2. The number of aromatic nitrogens is 3. The molecule has 0 fully saturated rings. The molecule has 0 aliphatic heterocycles. The van der Waals surface area contributed by atoms with Gasteiger partial charge in [0.25, 0.3) is 5.56 Å². The van der Waals surface area contributed by atoms with Crippen LogP contribution in [0.3, 0.4) is 0 Å². The average Bonchev–Trinajstić information content (AvgIpc) is 2.93. The van der Waals surface area contributed by atoms with E-state index in [9.17, 15) is 4.79 Å². The third kappa shape index (κ3) is 2.70. The molecule has 4 aromatic rings. The summed E-state index contributed by atoms with van der Waals surface area (Å²) in [6.45, 7) is 0.602. The van der Waals surface area contributed by atoms with E-state index in [1.165, 1.54) is 11.3 Å². The molecule has 0 atom stereocenters. The summed E-state index contributed by atoms with van der Waals surface area (Å²) < 4.78 is 3.14. The van der Waals surface area contributed by atoms with E-state index in [-0.39, 0.29) is 5.56 Å². The van der Waals surface area contributed by atoms with Crippen LogP contribution < -0.4 is 5.56 Å². The van der Waals surface area contributed by atoms with E-state index < -0.39 is 0 Å². The number of hydrogen-bond acceptors (Lipinski definition) is 4. The minimum atomic E-state index is -0.151. The molecule has 4 rings (SSSR count). The molecule has 0 saturated carbocycles. The predicted octanol–water partition coefficient (Wildman–Crippen LogP) is 4.23. The molecule has 2 aromatic heterocycles. The normalized spacial score (nSPS) is 11.0. The van der Waals surface area contributed by atoms with Crippen molar-refractivity contribution in [3.05, 3.63) is 80.5 Å². The highest BCUT2D eigenvalue weighted by atomic mass is 32.1. The van der Waals surface area contributed by atoms with Crippen molar-refractivity contribution in [3.8, 4) is 11.4 Å². The summed E-state index contributed by atoms with van der Waals surface area (Å²) in [4.78, 5) is 20.0. The van der Waals surface area contributed by atoms with Crippen molar-refractivity contribution in [2.24, 2.45) is 0 Å². The van der Waals surface area contributed by atoms with Gasteiger partial charge >= 0.3 is 0 Å². The Morgan fingerprint density at radius 2 is 1.71 bits per heavy atom. The second-order valence-corrected chi connectivity index (χ2v) is 7.02. The van der Waals surface area contributed by atoms with Crippen LogP contribution in [0.4, 0.5) is 0 Å². The van der Waals surface area contributed by atoms with E-state index in [4.69, 9.17) is 12.2 Å². The molecule has 0 amide bonds. The van der Waals surface area contributed by atoms with Gasteiger partial charge in [0, 0.05) is 5.56 Å². The molecule has 24 heavy (non-hydrogen) atoms. The highest BCUT2D eigenvalue weighted by Crippen LogP contribution is 2.22. The van der Waals surface area contributed by atoms with Gasteiger partial charge < -0.3 is 9.55 Å². The minimum Gasteiger partial charge on any atom is -0.305 e. The fourth-order valence-corrected chi connectivity index (χ4v) is 3.82. The molecule has 0 spiro atoms. The Hall–Kier alpha value is -2.57. The van der Waals surface area contributed by atoms with Crippen LogP contribution >= 0.6 is 23.6 Å². The van der Waals surface area contributed by atoms with Crippen molar-refractivity contribution in [3.63, 3.8) is 0 Å². The van der Waals surface area contributed by atoms with E-state index in [0.29, 0.717) is 26.7 Å². The predicted molar refractivity (Wildman–Crippen MR) is 100 cm³/mol. The van der Waals surface area contributed by atoms with Gasteiger partial charge in [-0.15, -0.1) is 0 Å². The lowest BCUT2D eigenvalue weighted by molar-refractivity contribution is 0.819. The van der Waals surface area contributed by atoms with Crippen LogP contribution in [0, 0.1) is 3.95 Å². The van der Waals surface area contributed by atoms with Crippen molar-refractivity contribution in [2.45, 2.75) is 6.54 Å². The molecule has 6 heteroatoms. The fourth-order valence-electron chi connectivity index (χ4n) is 2.59. The van der Waals surface area contributed by atoms with Crippen molar-refractivity contribution >= 4 is 33.9 Å². The van der Waals surface area contributed by atoms with E-state index in [1.54, 1.807) is 0 Å². The van der Waals surface area contributed by atoms with Crippen LogP contribution in [0.1, 0.15) is 5.56 Å². The molecular formula is C18H13N3OS2. The zero-order valence-electron chi connectivity index (χ0n) is 12.6. The quantitative estimate of drug-likeness (QED) is 0.562. The first-order chi connectivity index (χ1) is 11.7. The second-order valence-electron chi connectivity index (χ2n) is 5.37. The monoisotopic (exact) mass is 351 g/mol. The number of fused-ring (bicyclic) bond motifs is 1. The molecule has 118 valence electrons. The number of thiazole rings is 1. The molecule has 0 saturated heterocycles. The number of rotatable bonds is 3. The van der Waals surface area contributed by atoms with Crippen LogP contribution in [-0.4, -0.2) is 14.5 Å². The Bertz CT molecular complexity index is 1110. The molecular weight excluding hydrogens is 338 g/mol. The van der Waals surface area contributed by atoms with Gasteiger partial charge in [-0.25, -0.2) is 4.98 Å². The van der Waals surface area contributed by atoms with Gasteiger partial charge in [0.05, 0.1) is 6.54 Å². The van der Waals surface area contributed by atoms with Gasteiger partial charge in [0.2, 0.25) is 0 Å². The number of hydrogen-bond donors (Lipinski definition) is 1. The third-order valence-corrected chi connectivity index (χ3v) is 5.19. The minimum absolute atomic E-state index is 0.151. The maximum absolute atomic E-state index is 12.4. The Morgan fingerprint density at radius 1 is 1.04 bits per heavy atom. The summed E-state index contributed by atoms with van der Waals surface area (Å²) in [5, 5.41) is 0. The van der Waals surface area contributed by atoms with E-state index in [0.717, 1.165) is 11.1 Å². The third-order valence-electron chi connectivity index (χ3n) is 3.76. The Balaban J connectivity index is 1.91. The van der Waals surface area contributed by atoms with Gasteiger partial charge in [-0.1, -0.05) is 72.0 Å². The topological polar surface area (TPSA) is 50.7 Å². The lowest BCUT2D eigenvalue weighted by Crippen LogP contribution is -2.10. The average molecular weight is 351 g/mol. The summed E-state index contributed by atoms with van der Waals surface area (Å²) in [6.07, 6.45) is 0. The lowest BCUT2D eigenvalue weighted by atomic mass is 10.2. The maximum Gasteiger partial charge on any atom is 0.270 e. The van der Waals surface area contributed by atoms with Crippen LogP contribution in [0.25, 0.3) is 21.7 Å². The number of aromatic amines is 1. The Kier molecular flexibility index (Phi) is 3.84. The van der Waals surface area contributed by atoms with Crippen molar-refractivity contribution in [1.29, 1.82) is 0 Å². The fraction of sp³-hybridized carbons (Fsp3) is 0.0556. The first-order valence-electron chi connectivity index (χ1n) is 7.45. The zero-order valence-corrected chi connectivity index (χ0v) is 14.2. The van der Waals surface area contributed by atoms with Gasteiger partial charge in [0.1, 0.15) is 10.5 Å². The van der Waals surface area contributed by atoms with Crippen molar-refractivity contribution < 1.29 is 0 Å². The number of H-pyrrole nitrogens is 1. The molecule has 0 bridgehead atoms. The van der Waals surface area contributed by atoms with Crippen molar-refractivity contribution in [1.82, 2.24) is 14.5 Å².